The van der Waals surface area contributed by atoms with Crippen LogP contribution in [0.4, 0.5) is 5.82 Å². The van der Waals surface area contributed by atoms with Crippen molar-refractivity contribution in [3.63, 3.8) is 0 Å². The fourth-order valence-electron chi connectivity index (χ4n) is 3.82. The highest BCUT2D eigenvalue weighted by Gasteiger charge is 2.26. The first kappa shape index (κ1) is 17.7. The van der Waals surface area contributed by atoms with Gasteiger partial charge in [-0.3, -0.25) is 9.59 Å². The SMILES string of the molecule is O=C(NCCC(=O)N1CCCC1)C1CCN(c2ccc3nncn3n2)CC1. The van der Waals surface area contributed by atoms with E-state index >= 15 is 0 Å². The molecule has 1 N–H and O–H groups in total. The second-order valence-corrected chi connectivity index (χ2v) is 7.22. The third-order valence-electron chi connectivity index (χ3n) is 5.43. The van der Waals surface area contributed by atoms with Crippen molar-refractivity contribution < 1.29 is 9.59 Å². The molecular weight excluding hydrogens is 346 g/mol. The zero-order valence-corrected chi connectivity index (χ0v) is 15.4. The first-order valence-electron chi connectivity index (χ1n) is 9.68. The van der Waals surface area contributed by atoms with Crippen molar-refractivity contribution in [1.82, 2.24) is 30.0 Å². The summed E-state index contributed by atoms with van der Waals surface area (Å²) in [5.74, 6) is 1.09. The Morgan fingerprint density at radius 3 is 2.67 bits per heavy atom. The Balaban J connectivity index is 1.22. The Bertz CT molecular complexity index is 807. The molecule has 0 atom stereocenters. The van der Waals surface area contributed by atoms with Crippen LogP contribution in [-0.4, -0.2) is 69.2 Å². The first-order valence-corrected chi connectivity index (χ1v) is 9.68. The molecule has 2 amide bonds. The fraction of sp³-hybridized carbons (Fsp3) is 0.611. The summed E-state index contributed by atoms with van der Waals surface area (Å²) in [4.78, 5) is 28.5. The molecule has 0 unspecified atom stereocenters. The molecule has 4 rings (SSSR count). The number of rotatable bonds is 5. The number of aromatic nitrogens is 4. The summed E-state index contributed by atoms with van der Waals surface area (Å²) < 4.78 is 1.66. The lowest BCUT2D eigenvalue weighted by Crippen LogP contribution is -2.42. The van der Waals surface area contributed by atoms with Crippen molar-refractivity contribution in [2.24, 2.45) is 5.92 Å². The quantitative estimate of drug-likeness (QED) is 0.821. The van der Waals surface area contributed by atoms with Gasteiger partial charge in [-0.05, 0) is 37.8 Å². The lowest BCUT2D eigenvalue weighted by molar-refractivity contribution is -0.130. The largest absolute Gasteiger partial charge is 0.355 e. The van der Waals surface area contributed by atoms with Crippen LogP contribution in [0, 0.1) is 5.92 Å². The highest BCUT2D eigenvalue weighted by Crippen LogP contribution is 2.22. The van der Waals surface area contributed by atoms with Crippen LogP contribution in [0.15, 0.2) is 18.5 Å². The lowest BCUT2D eigenvalue weighted by Gasteiger charge is -2.32. The van der Waals surface area contributed by atoms with E-state index in [9.17, 15) is 9.59 Å². The number of piperidine rings is 1. The summed E-state index contributed by atoms with van der Waals surface area (Å²) in [6.07, 6.45) is 5.74. The summed E-state index contributed by atoms with van der Waals surface area (Å²) in [5.41, 5.74) is 0.719. The van der Waals surface area contributed by atoms with Crippen LogP contribution in [0.25, 0.3) is 5.65 Å². The second kappa shape index (κ2) is 7.89. The van der Waals surface area contributed by atoms with E-state index in [2.05, 4.69) is 25.5 Å². The number of amides is 2. The molecule has 0 aliphatic carbocycles. The van der Waals surface area contributed by atoms with Crippen LogP contribution in [0.2, 0.25) is 0 Å². The standard InChI is InChI=1S/C18H25N7O2/c26-17(24-9-1-2-10-24)5-8-19-18(27)14-6-11-23(12-7-14)16-4-3-15-21-20-13-25(15)22-16/h3-4,13-14H,1-2,5-12H2,(H,19,27). The topological polar surface area (TPSA) is 95.7 Å². The van der Waals surface area contributed by atoms with Crippen molar-refractivity contribution in [3.05, 3.63) is 18.5 Å². The lowest BCUT2D eigenvalue weighted by atomic mass is 9.96. The molecule has 2 aromatic heterocycles. The molecule has 0 bridgehead atoms. The molecule has 2 aliphatic heterocycles. The Kier molecular flexibility index (Phi) is 5.17. The summed E-state index contributed by atoms with van der Waals surface area (Å²) in [6, 6.07) is 3.83. The number of hydrogen-bond acceptors (Lipinski definition) is 6. The van der Waals surface area contributed by atoms with Crippen LogP contribution in [0.1, 0.15) is 32.1 Å². The average molecular weight is 371 g/mol. The highest BCUT2D eigenvalue weighted by atomic mass is 16.2. The van der Waals surface area contributed by atoms with Crippen LogP contribution in [-0.2, 0) is 9.59 Å². The van der Waals surface area contributed by atoms with Gasteiger partial charge < -0.3 is 15.1 Å². The molecule has 4 heterocycles. The van der Waals surface area contributed by atoms with Crippen molar-refractivity contribution >= 4 is 23.3 Å². The molecular formula is C18H25N7O2. The maximum Gasteiger partial charge on any atom is 0.224 e. The van der Waals surface area contributed by atoms with Gasteiger partial charge in [0.05, 0.1) is 0 Å². The Morgan fingerprint density at radius 1 is 1.11 bits per heavy atom. The van der Waals surface area contributed by atoms with E-state index in [4.69, 9.17) is 0 Å². The van der Waals surface area contributed by atoms with E-state index in [-0.39, 0.29) is 17.7 Å². The van der Waals surface area contributed by atoms with Gasteiger partial charge in [0.1, 0.15) is 12.1 Å². The molecule has 27 heavy (non-hydrogen) atoms. The van der Waals surface area contributed by atoms with E-state index in [0.717, 1.165) is 63.3 Å². The van der Waals surface area contributed by atoms with Gasteiger partial charge in [0.15, 0.2) is 5.65 Å². The summed E-state index contributed by atoms with van der Waals surface area (Å²) in [7, 11) is 0. The fourth-order valence-corrected chi connectivity index (χ4v) is 3.82. The predicted molar refractivity (Wildman–Crippen MR) is 99.2 cm³/mol. The minimum absolute atomic E-state index is 0.00165. The second-order valence-electron chi connectivity index (χ2n) is 7.22. The zero-order chi connectivity index (χ0) is 18.6. The van der Waals surface area contributed by atoms with Gasteiger partial charge in [-0.1, -0.05) is 0 Å². The molecule has 0 saturated carbocycles. The maximum absolute atomic E-state index is 12.4. The zero-order valence-electron chi connectivity index (χ0n) is 15.4. The van der Waals surface area contributed by atoms with Gasteiger partial charge >= 0.3 is 0 Å². The van der Waals surface area contributed by atoms with Gasteiger partial charge in [0.25, 0.3) is 0 Å². The normalized spacial score (nSPS) is 18.2. The maximum atomic E-state index is 12.4. The number of nitrogens with one attached hydrogen (secondary N) is 1. The van der Waals surface area contributed by atoms with E-state index in [0.29, 0.717) is 13.0 Å². The molecule has 2 saturated heterocycles. The third-order valence-corrected chi connectivity index (χ3v) is 5.43. The predicted octanol–water partition coefficient (Wildman–Crippen LogP) is 0.469. The molecule has 0 spiro atoms. The van der Waals surface area contributed by atoms with Crippen molar-refractivity contribution in [1.29, 1.82) is 0 Å². The van der Waals surface area contributed by atoms with Crippen LogP contribution >= 0.6 is 0 Å². The first-order chi connectivity index (χ1) is 13.2. The van der Waals surface area contributed by atoms with E-state index in [1.165, 1.54) is 0 Å². The van der Waals surface area contributed by atoms with E-state index in [1.807, 2.05) is 17.0 Å². The number of carbonyl (C=O) groups excluding carboxylic acids is 2. The molecule has 2 aliphatic rings. The van der Waals surface area contributed by atoms with E-state index in [1.54, 1.807) is 10.8 Å². The third kappa shape index (κ3) is 4.01. The van der Waals surface area contributed by atoms with Gasteiger partial charge in [0.2, 0.25) is 11.8 Å². The minimum atomic E-state index is 0.00165. The Morgan fingerprint density at radius 2 is 1.89 bits per heavy atom. The summed E-state index contributed by atoms with van der Waals surface area (Å²) in [6.45, 7) is 3.72. The molecule has 144 valence electrons. The number of hydrogen-bond donors (Lipinski definition) is 1. The molecule has 2 aromatic rings. The van der Waals surface area contributed by atoms with Crippen LogP contribution in [0.5, 0.6) is 0 Å². The highest BCUT2D eigenvalue weighted by molar-refractivity contribution is 5.80. The van der Waals surface area contributed by atoms with Gasteiger partial charge in [0, 0.05) is 45.1 Å². The molecule has 9 nitrogen and oxygen atoms in total. The van der Waals surface area contributed by atoms with Crippen LogP contribution in [0.3, 0.4) is 0 Å². The Hall–Kier alpha value is -2.71. The van der Waals surface area contributed by atoms with Crippen molar-refractivity contribution in [3.8, 4) is 0 Å². The summed E-state index contributed by atoms with van der Waals surface area (Å²) >= 11 is 0. The number of carbonyl (C=O) groups is 2. The number of fused-ring (bicyclic) bond motifs is 1. The van der Waals surface area contributed by atoms with Crippen LogP contribution < -0.4 is 10.2 Å². The van der Waals surface area contributed by atoms with E-state index < -0.39 is 0 Å². The van der Waals surface area contributed by atoms with Crippen molar-refractivity contribution in [2.45, 2.75) is 32.1 Å². The molecule has 0 radical (unpaired) electrons. The van der Waals surface area contributed by atoms with Gasteiger partial charge in [-0.2, -0.15) is 4.52 Å². The molecule has 2 fully saturated rings. The minimum Gasteiger partial charge on any atom is -0.355 e. The molecule has 0 aromatic carbocycles. The average Bonchev–Trinajstić information content (AvgIpc) is 3.39. The smallest absolute Gasteiger partial charge is 0.224 e. The van der Waals surface area contributed by atoms with Gasteiger partial charge in [-0.25, -0.2) is 0 Å². The monoisotopic (exact) mass is 371 g/mol. The number of likely N-dealkylation sites (tertiary alicyclic amines) is 1. The summed E-state index contributed by atoms with van der Waals surface area (Å²) in [5, 5.41) is 15.3. The van der Waals surface area contributed by atoms with Crippen molar-refractivity contribution in [2.75, 3.05) is 37.6 Å². The van der Waals surface area contributed by atoms with Gasteiger partial charge in [-0.15, -0.1) is 15.3 Å². The number of nitrogens with zero attached hydrogens (tertiary/aromatic N) is 6. The number of anilines is 1. The molecule has 9 heteroatoms. The Labute approximate surface area is 157 Å².